The lowest BCUT2D eigenvalue weighted by atomic mass is 10.2. The number of nitrogens with one attached hydrogen (secondary N) is 1. The Bertz CT molecular complexity index is 780. The number of aryl methyl sites for hydroxylation is 1. The Hall–Kier alpha value is -3.08. The van der Waals surface area contributed by atoms with Crippen LogP contribution in [-0.4, -0.2) is 22.3 Å². The molecular formula is C18H17N3O2. The smallest absolute Gasteiger partial charge is 0.262 e. The molecule has 2 aromatic carbocycles. The van der Waals surface area contributed by atoms with Crippen molar-refractivity contribution < 1.29 is 9.53 Å². The fraction of sp³-hybridized carbons (Fsp3) is 0.111. The summed E-state index contributed by atoms with van der Waals surface area (Å²) >= 11 is 0. The Kier molecular flexibility index (Phi) is 4.38. The maximum absolute atomic E-state index is 12.0. The monoisotopic (exact) mass is 307 g/mol. The van der Waals surface area contributed by atoms with Crippen molar-refractivity contribution in [3.63, 3.8) is 0 Å². The molecule has 0 fully saturated rings. The predicted molar refractivity (Wildman–Crippen MR) is 88.9 cm³/mol. The Labute approximate surface area is 134 Å². The Morgan fingerprint density at radius 3 is 2.61 bits per heavy atom. The summed E-state index contributed by atoms with van der Waals surface area (Å²) in [6.45, 7) is 1.92. The molecular weight excluding hydrogens is 290 g/mol. The summed E-state index contributed by atoms with van der Waals surface area (Å²) in [5.41, 5.74) is 2.66. The van der Waals surface area contributed by atoms with E-state index >= 15 is 0 Å². The minimum atomic E-state index is -0.194. The second-order valence-corrected chi connectivity index (χ2v) is 5.10. The second kappa shape index (κ2) is 6.79. The van der Waals surface area contributed by atoms with Crippen molar-refractivity contribution in [3.8, 4) is 11.4 Å². The molecule has 3 rings (SSSR count). The first-order valence-corrected chi connectivity index (χ1v) is 7.31. The minimum Gasteiger partial charge on any atom is -0.483 e. The zero-order valence-electron chi connectivity index (χ0n) is 12.8. The summed E-state index contributed by atoms with van der Waals surface area (Å²) in [5, 5.41) is 6.97. The van der Waals surface area contributed by atoms with Crippen LogP contribution in [0.4, 0.5) is 5.69 Å². The van der Waals surface area contributed by atoms with Gasteiger partial charge in [0.15, 0.2) is 6.61 Å². The van der Waals surface area contributed by atoms with Crippen LogP contribution in [0.25, 0.3) is 5.69 Å². The van der Waals surface area contributed by atoms with Gasteiger partial charge < -0.3 is 10.1 Å². The number of carbonyl (C=O) groups excluding carboxylic acids is 1. The number of ether oxygens (including phenoxy) is 1. The molecule has 1 aromatic heterocycles. The summed E-state index contributed by atoms with van der Waals surface area (Å²) < 4.78 is 7.28. The highest BCUT2D eigenvalue weighted by Crippen LogP contribution is 2.16. The number of benzene rings is 2. The molecule has 5 heteroatoms. The number of hydrogen-bond donors (Lipinski definition) is 1. The number of hydrogen-bond acceptors (Lipinski definition) is 3. The quantitative estimate of drug-likeness (QED) is 0.787. The van der Waals surface area contributed by atoms with E-state index in [1.807, 2.05) is 67.7 Å². The van der Waals surface area contributed by atoms with Gasteiger partial charge in [-0.25, -0.2) is 4.68 Å². The molecule has 23 heavy (non-hydrogen) atoms. The van der Waals surface area contributed by atoms with Crippen molar-refractivity contribution in [2.45, 2.75) is 6.92 Å². The fourth-order valence-electron chi connectivity index (χ4n) is 2.18. The van der Waals surface area contributed by atoms with Crippen LogP contribution >= 0.6 is 0 Å². The standard InChI is InChI=1S/C18H17N3O2/c1-14-5-2-3-6-17(14)23-13-18(22)20-15-7-9-16(10-8-15)21-12-4-11-19-21/h2-12H,13H2,1H3,(H,20,22). The molecule has 116 valence electrons. The van der Waals surface area contributed by atoms with Crippen LogP contribution in [0.1, 0.15) is 5.56 Å². The van der Waals surface area contributed by atoms with Crippen molar-refractivity contribution in [3.05, 3.63) is 72.6 Å². The van der Waals surface area contributed by atoms with Gasteiger partial charge in [-0.2, -0.15) is 5.10 Å². The molecule has 1 amide bonds. The molecule has 0 aliphatic heterocycles. The Balaban J connectivity index is 1.57. The molecule has 1 N–H and O–H groups in total. The van der Waals surface area contributed by atoms with Gasteiger partial charge in [0.2, 0.25) is 0 Å². The van der Waals surface area contributed by atoms with E-state index in [0.717, 1.165) is 22.7 Å². The van der Waals surface area contributed by atoms with Crippen molar-refractivity contribution >= 4 is 11.6 Å². The van der Waals surface area contributed by atoms with Crippen LogP contribution in [-0.2, 0) is 4.79 Å². The van der Waals surface area contributed by atoms with E-state index in [0.29, 0.717) is 0 Å². The average Bonchev–Trinajstić information content (AvgIpc) is 3.09. The van der Waals surface area contributed by atoms with Gasteiger partial charge in [0, 0.05) is 18.1 Å². The maximum atomic E-state index is 12.0. The van der Waals surface area contributed by atoms with Gasteiger partial charge in [-0.3, -0.25) is 4.79 Å². The van der Waals surface area contributed by atoms with E-state index in [-0.39, 0.29) is 12.5 Å². The van der Waals surface area contributed by atoms with Crippen LogP contribution < -0.4 is 10.1 Å². The van der Waals surface area contributed by atoms with Gasteiger partial charge >= 0.3 is 0 Å². The number of nitrogens with zero attached hydrogens (tertiary/aromatic N) is 2. The van der Waals surface area contributed by atoms with Crippen molar-refractivity contribution in [1.29, 1.82) is 0 Å². The highest BCUT2D eigenvalue weighted by Gasteiger charge is 2.05. The summed E-state index contributed by atoms with van der Waals surface area (Å²) in [7, 11) is 0. The summed E-state index contributed by atoms with van der Waals surface area (Å²) in [6.07, 6.45) is 3.59. The lowest BCUT2D eigenvalue weighted by molar-refractivity contribution is -0.118. The molecule has 0 saturated heterocycles. The molecule has 0 radical (unpaired) electrons. The molecule has 0 aliphatic carbocycles. The number of aromatic nitrogens is 2. The van der Waals surface area contributed by atoms with Crippen LogP contribution in [0.5, 0.6) is 5.75 Å². The molecule has 5 nitrogen and oxygen atoms in total. The third kappa shape index (κ3) is 3.77. The van der Waals surface area contributed by atoms with E-state index in [1.165, 1.54) is 0 Å². The number of amides is 1. The maximum Gasteiger partial charge on any atom is 0.262 e. The van der Waals surface area contributed by atoms with Gasteiger partial charge in [-0.05, 0) is 48.9 Å². The molecule has 1 heterocycles. The van der Waals surface area contributed by atoms with E-state index in [4.69, 9.17) is 4.74 Å². The number of para-hydroxylation sites is 1. The largest absolute Gasteiger partial charge is 0.483 e. The Morgan fingerprint density at radius 1 is 1.13 bits per heavy atom. The molecule has 0 bridgehead atoms. The van der Waals surface area contributed by atoms with Gasteiger partial charge in [0.25, 0.3) is 5.91 Å². The molecule has 0 aliphatic rings. The molecule has 0 atom stereocenters. The SMILES string of the molecule is Cc1ccccc1OCC(=O)Nc1ccc(-n2cccn2)cc1. The number of rotatable bonds is 5. The predicted octanol–water partition coefficient (Wildman–Crippen LogP) is 3.20. The van der Waals surface area contributed by atoms with Crippen LogP contribution in [0, 0.1) is 6.92 Å². The first kappa shape index (κ1) is 14.8. The van der Waals surface area contributed by atoms with Gasteiger partial charge in [-0.15, -0.1) is 0 Å². The highest BCUT2D eigenvalue weighted by molar-refractivity contribution is 5.91. The van der Waals surface area contributed by atoms with Crippen LogP contribution in [0.2, 0.25) is 0 Å². The van der Waals surface area contributed by atoms with Crippen molar-refractivity contribution in [2.75, 3.05) is 11.9 Å². The normalized spacial score (nSPS) is 10.3. The molecule has 0 spiro atoms. The molecule has 0 saturated carbocycles. The average molecular weight is 307 g/mol. The number of carbonyl (C=O) groups is 1. The lowest BCUT2D eigenvalue weighted by Gasteiger charge is -2.10. The van der Waals surface area contributed by atoms with Crippen molar-refractivity contribution in [1.82, 2.24) is 9.78 Å². The van der Waals surface area contributed by atoms with Crippen molar-refractivity contribution in [2.24, 2.45) is 0 Å². The zero-order valence-corrected chi connectivity index (χ0v) is 12.8. The highest BCUT2D eigenvalue weighted by atomic mass is 16.5. The molecule has 3 aromatic rings. The third-order valence-corrected chi connectivity index (χ3v) is 3.37. The first-order valence-electron chi connectivity index (χ1n) is 7.31. The zero-order chi connectivity index (χ0) is 16.1. The van der Waals surface area contributed by atoms with Crippen LogP contribution in [0.15, 0.2) is 67.0 Å². The minimum absolute atomic E-state index is 0.0221. The third-order valence-electron chi connectivity index (χ3n) is 3.37. The second-order valence-electron chi connectivity index (χ2n) is 5.10. The van der Waals surface area contributed by atoms with Gasteiger partial charge in [-0.1, -0.05) is 18.2 Å². The molecule has 0 unspecified atom stereocenters. The summed E-state index contributed by atoms with van der Waals surface area (Å²) in [6, 6.07) is 16.9. The lowest BCUT2D eigenvalue weighted by Crippen LogP contribution is -2.20. The first-order chi connectivity index (χ1) is 11.2. The van der Waals surface area contributed by atoms with Gasteiger partial charge in [0.1, 0.15) is 5.75 Å². The van der Waals surface area contributed by atoms with Crippen LogP contribution in [0.3, 0.4) is 0 Å². The van der Waals surface area contributed by atoms with Gasteiger partial charge in [0.05, 0.1) is 5.69 Å². The number of anilines is 1. The Morgan fingerprint density at radius 2 is 1.91 bits per heavy atom. The van der Waals surface area contributed by atoms with E-state index in [9.17, 15) is 4.79 Å². The fourth-order valence-corrected chi connectivity index (χ4v) is 2.18. The topological polar surface area (TPSA) is 56.1 Å². The summed E-state index contributed by atoms with van der Waals surface area (Å²) in [5.74, 6) is 0.525. The summed E-state index contributed by atoms with van der Waals surface area (Å²) in [4.78, 5) is 12.0. The van der Waals surface area contributed by atoms with E-state index in [1.54, 1.807) is 10.9 Å². The van der Waals surface area contributed by atoms with E-state index in [2.05, 4.69) is 10.4 Å². The van der Waals surface area contributed by atoms with E-state index < -0.39 is 0 Å².